The molecule has 2 N–H and O–H groups in total. The van der Waals surface area contributed by atoms with Crippen LogP contribution in [0.5, 0.6) is 0 Å². The summed E-state index contributed by atoms with van der Waals surface area (Å²) in [5.74, 6) is 0.589. The number of thiocarbonyl (C=S) groups is 1. The van der Waals surface area contributed by atoms with E-state index < -0.39 is 0 Å². The highest BCUT2D eigenvalue weighted by Gasteiger charge is 2.12. The van der Waals surface area contributed by atoms with Gasteiger partial charge in [-0.25, -0.2) is 0 Å². The minimum absolute atomic E-state index is 0.338. The Balaban J connectivity index is 2.95. The van der Waals surface area contributed by atoms with E-state index in [1.807, 2.05) is 18.2 Å². The SMILES string of the molecule is CC(C)CN(CCN(C)C)c1ccc(C(N)=S)c(Cl)c1. The summed E-state index contributed by atoms with van der Waals surface area (Å²) in [5, 5.41) is 0.619. The molecule has 0 fully saturated rings. The summed E-state index contributed by atoms with van der Waals surface area (Å²) >= 11 is 11.3. The van der Waals surface area contributed by atoms with Gasteiger partial charge in [-0.15, -0.1) is 0 Å². The zero-order valence-electron chi connectivity index (χ0n) is 12.7. The minimum Gasteiger partial charge on any atom is -0.389 e. The topological polar surface area (TPSA) is 32.5 Å². The number of hydrogen-bond acceptors (Lipinski definition) is 3. The largest absolute Gasteiger partial charge is 0.389 e. The number of hydrogen-bond donors (Lipinski definition) is 1. The zero-order chi connectivity index (χ0) is 15.3. The summed E-state index contributed by atoms with van der Waals surface area (Å²) in [6, 6.07) is 5.90. The highest BCUT2D eigenvalue weighted by molar-refractivity contribution is 7.80. The smallest absolute Gasteiger partial charge is 0.105 e. The van der Waals surface area contributed by atoms with Gasteiger partial charge in [0.2, 0.25) is 0 Å². The molecule has 0 aliphatic rings. The highest BCUT2D eigenvalue weighted by Crippen LogP contribution is 2.24. The van der Waals surface area contributed by atoms with Gasteiger partial charge in [0.05, 0.1) is 5.02 Å². The van der Waals surface area contributed by atoms with Crippen LogP contribution in [-0.4, -0.2) is 43.6 Å². The van der Waals surface area contributed by atoms with Gasteiger partial charge < -0.3 is 15.5 Å². The van der Waals surface area contributed by atoms with Gasteiger partial charge in [0.1, 0.15) is 4.99 Å². The second kappa shape index (κ2) is 7.81. The van der Waals surface area contributed by atoms with Gasteiger partial charge >= 0.3 is 0 Å². The Morgan fingerprint density at radius 3 is 2.40 bits per heavy atom. The Bertz CT molecular complexity index is 460. The fourth-order valence-corrected chi connectivity index (χ4v) is 2.50. The number of anilines is 1. The molecule has 0 atom stereocenters. The third-order valence-corrected chi connectivity index (χ3v) is 3.52. The third kappa shape index (κ3) is 5.27. The van der Waals surface area contributed by atoms with E-state index in [-0.39, 0.29) is 0 Å². The van der Waals surface area contributed by atoms with Crippen molar-refractivity contribution < 1.29 is 0 Å². The lowest BCUT2D eigenvalue weighted by Gasteiger charge is -2.28. The molecule has 20 heavy (non-hydrogen) atoms. The molecule has 1 aromatic carbocycles. The number of likely N-dealkylation sites (N-methyl/N-ethyl adjacent to an activating group) is 1. The van der Waals surface area contributed by atoms with Gasteiger partial charge in [-0.05, 0) is 38.2 Å². The first-order valence-electron chi connectivity index (χ1n) is 6.80. The van der Waals surface area contributed by atoms with Gasteiger partial charge in [-0.1, -0.05) is 37.7 Å². The third-order valence-electron chi connectivity index (χ3n) is 2.99. The molecule has 0 radical (unpaired) electrons. The van der Waals surface area contributed by atoms with Gasteiger partial charge in [0, 0.05) is 30.9 Å². The molecule has 0 amide bonds. The van der Waals surface area contributed by atoms with Crippen LogP contribution in [0.1, 0.15) is 19.4 Å². The van der Waals surface area contributed by atoms with Crippen LogP contribution in [0.15, 0.2) is 18.2 Å². The Labute approximate surface area is 132 Å². The number of benzene rings is 1. The van der Waals surface area contributed by atoms with Crippen molar-refractivity contribution in [1.82, 2.24) is 4.90 Å². The van der Waals surface area contributed by atoms with Crippen LogP contribution in [0.25, 0.3) is 0 Å². The summed E-state index contributed by atoms with van der Waals surface area (Å²) in [6.07, 6.45) is 0. The van der Waals surface area contributed by atoms with Gasteiger partial charge in [0.25, 0.3) is 0 Å². The molecule has 0 aliphatic heterocycles. The normalized spacial score (nSPS) is 11.2. The maximum Gasteiger partial charge on any atom is 0.105 e. The summed E-state index contributed by atoms with van der Waals surface area (Å²) in [4.78, 5) is 4.86. The van der Waals surface area contributed by atoms with Gasteiger partial charge in [0.15, 0.2) is 0 Å². The minimum atomic E-state index is 0.338. The molecule has 3 nitrogen and oxygen atoms in total. The lowest BCUT2D eigenvalue weighted by molar-refractivity contribution is 0.409. The molecule has 0 saturated carbocycles. The molecule has 0 saturated heterocycles. The van der Waals surface area contributed by atoms with Crippen LogP contribution in [-0.2, 0) is 0 Å². The number of halogens is 1. The first-order chi connectivity index (χ1) is 9.31. The van der Waals surface area contributed by atoms with Crippen LogP contribution in [0.2, 0.25) is 5.02 Å². The van der Waals surface area contributed by atoms with Gasteiger partial charge in [-0.3, -0.25) is 0 Å². The van der Waals surface area contributed by atoms with Crippen molar-refractivity contribution >= 4 is 34.5 Å². The molecule has 0 bridgehead atoms. The van der Waals surface area contributed by atoms with E-state index in [4.69, 9.17) is 29.6 Å². The standard InChI is InChI=1S/C15H24ClN3S/c1-11(2)10-19(8-7-18(3)4)12-5-6-13(15(17)20)14(16)9-12/h5-6,9,11H,7-8,10H2,1-4H3,(H2,17,20). The summed E-state index contributed by atoms with van der Waals surface area (Å²) in [7, 11) is 4.16. The van der Waals surface area contributed by atoms with Crippen LogP contribution < -0.4 is 10.6 Å². The molecular weight excluding hydrogens is 290 g/mol. The maximum atomic E-state index is 6.26. The molecule has 0 heterocycles. The molecule has 1 rings (SSSR count). The van der Waals surface area contributed by atoms with Gasteiger partial charge in [-0.2, -0.15) is 0 Å². The number of rotatable bonds is 7. The Hall–Kier alpha value is -0.840. The highest BCUT2D eigenvalue weighted by atomic mass is 35.5. The number of nitrogens with two attached hydrogens (primary N) is 1. The molecule has 0 aliphatic carbocycles. The zero-order valence-corrected chi connectivity index (χ0v) is 14.3. The van der Waals surface area contributed by atoms with E-state index in [1.165, 1.54) is 0 Å². The lowest BCUT2D eigenvalue weighted by Crippen LogP contribution is -2.34. The predicted octanol–water partition coefficient (Wildman–Crippen LogP) is 3.00. The Morgan fingerprint density at radius 2 is 1.95 bits per heavy atom. The quantitative estimate of drug-likeness (QED) is 0.784. The molecule has 112 valence electrons. The van der Waals surface area contributed by atoms with Crippen molar-refractivity contribution in [2.24, 2.45) is 11.7 Å². The molecular formula is C15H24ClN3S. The van der Waals surface area contributed by atoms with Crippen molar-refractivity contribution in [3.63, 3.8) is 0 Å². The van der Waals surface area contributed by atoms with Crippen LogP contribution in [0, 0.1) is 5.92 Å². The lowest BCUT2D eigenvalue weighted by atomic mass is 10.1. The number of nitrogens with zero attached hydrogens (tertiary/aromatic N) is 2. The summed E-state index contributed by atoms with van der Waals surface area (Å²) in [5.41, 5.74) is 7.50. The van der Waals surface area contributed by atoms with Crippen molar-refractivity contribution in [2.75, 3.05) is 38.6 Å². The molecule has 1 aromatic rings. The van der Waals surface area contributed by atoms with E-state index >= 15 is 0 Å². The van der Waals surface area contributed by atoms with Crippen LogP contribution in [0.4, 0.5) is 5.69 Å². The average molecular weight is 314 g/mol. The average Bonchev–Trinajstić information content (AvgIpc) is 2.33. The second-order valence-electron chi connectivity index (χ2n) is 5.67. The molecule has 0 aromatic heterocycles. The van der Waals surface area contributed by atoms with E-state index in [0.717, 1.165) is 30.9 Å². The van der Waals surface area contributed by atoms with Crippen molar-refractivity contribution in [1.29, 1.82) is 0 Å². The van der Waals surface area contributed by atoms with Crippen molar-refractivity contribution in [3.8, 4) is 0 Å². The predicted molar refractivity (Wildman–Crippen MR) is 92.9 cm³/mol. The summed E-state index contributed by atoms with van der Waals surface area (Å²) < 4.78 is 0. The van der Waals surface area contributed by atoms with E-state index in [0.29, 0.717) is 15.9 Å². The van der Waals surface area contributed by atoms with E-state index in [9.17, 15) is 0 Å². The van der Waals surface area contributed by atoms with Crippen LogP contribution >= 0.6 is 23.8 Å². The first-order valence-corrected chi connectivity index (χ1v) is 7.59. The first kappa shape index (κ1) is 17.2. The monoisotopic (exact) mass is 313 g/mol. The fraction of sp³-hybridized carbons (Fsp3) is 0.533. The molecule has 0 unspecified atom stereocenters. The van der Waals surface area contributed by atoms with E-state index in [2.05, 4.69) is 37.7 Å². The molecule has 0 spiro atoms. The fourth-order valence-electron chi connectivity index (χ4n) is 1.99. The van der Waals surface area contributed by atoms with E-state index in [1.54, 1.807) is 0 Å². The Kier molecular flexibility index (Phi) is 6.72. The second-order valence-corrected chi connectivity index (χ2v) is 6.52. The summed E-state index contributed by atoms with van der Waals surface area (Å²) in [6.45, 7) is 7.40. The van der Waals surface area contributed by atoms with Crippen molar-refractivity contribution in [2.45, 2.75) is 13.8 Å². The maximum absolute atomic E-state index is 6.26. The molecule has 5 heteroatoms. The van der Waals surface area contributed by atoms with Crippen LogP contribution in [0.3, 0.4) is 0 Å². The Morgan fingerprint density at radius 1 is 1.30 bits per heavy atom. The van der Waals surface area contributed by atoms with Crippen molar-refractivity contribution in [3.05, 3.63) is 28.8 Å².